The fraction of sp³-hybridized carbons (Fsp3) is 0.100. The first kappa shape index (κ1) is 7.10. The van der Waals surface area contributed by atoms with Crippen LogP contribution in [0, 0.1) is 0 Å². The van der Waals surface area contributed by atoms with Crippen molar-refractivity contribution in [2.45, 2.75) is 6.04 Å². The van der Waals surface area contributed by atoms with Gasteiger partial charge in [-0.25, -0.2) is 0 Å². The van der Waals surface area contributed by atoms with Crippen LogP contribution >= 0.6 is 0 Å². The zero-order chi connectivity index (χ0) is 8.39. The molecule has 0 spiro atoms. The minimum Gasteiger partial charge on any atom is -0.334 e. The second kappa shape index (κ2) is 2.81. The van der Waals surface area contributed by atoms with Gasteiger partial charge in [-0.1, -0.05) is 18.2 Å². The smallest absolute Gasteiger partial charge is 0.146 e. The SMILES string of the molecule is O=CC1C=CC=C2C=CC=CN21. The van der Waals surface area contributed by atoms with Gasteiger partial charge in [0.1, 0.15) is 12.3 Å². The van der Waals surface area contributed by atoms with Crippen molar-refractivity contribution in [3.05, 3.63) is 48.4 Å². The summed E-state index contributed by atoms with van der Waals surface area (Å²) in [6.45, 7) is 0. The van der Waals surface area contributed by atoms with E-state index in [1.807, 2.05) is 47.6 Å². The molecule has 2 aliphatic rings. The Kier molecular flexibility index (Phi) is 1.67. The average molecular weight is 159 g/mol. The van der Waals surface area contributed by atoms with E-state index in [2.05, 4.69) is 0 Å². The van der Waals surface area contributed by atoms with E-state index in [-0.39, 0.29) is 6.04 Å². The first-order valence-corrected chi connectivity index (χ1v) is 3.89. The van der Waals surface area contributed by atoms with Gasteiger partial charge in [-0.05, 0) is 18.2 Å². The number of aldehydes is 1. The molecule has 2 aliphatic heterocycles. The van der Waals surface area contributed by atoms with Gasteiger partial charge in [0.15, 0.2) is 0 Å². The highest BCUT2D eigenvalue weighted by Crippen LogP contribution is 2.19. The van der Waals surface area contributed by atoms with Crippen molar-refractivity contribution >= 4 is 6.29 Å². The molecule has 0 amide bonds. The minimum absolute atomic E-state index is 0.133. The van der Waals surface area contributed by atoms with Crippen LogP contribution in [-0.4, -0.2) is 17.2 Å². The fourth-order valence-corrected chi connectivity index (χ4v) is 1.35. The van der Waals surface area contributed by atoms with Crippen LogP contribution in [0.15, 0.2) is 48.4 Å². The highest BCUT2D eigenvalue weighted by atomic mass is 16.1. The lowest BCUT2D eigenvalue weighted by Crippen LogP contribution is -2.31. The first-order chi connectivity index (χ1) is 5.92. The van der Waals surface area contributed by atoms with Crippen molar-refractivity contribution in [1.29, 1.82) is 0 Å². The van der Waals surface area contributed by atoms with E-state index in [1.54, 1.807) is 0 Å². The predicted octanol–water partition coefficient (Wildman–Crippen LogP) is 1.39. The van der Waals surface area contributed by atoms with Crippen LogP contribution in [0.4, 0.5) is 0 Å². The lowest BCUT2D eigenvalue weighted by atomic mass is 10.1. The van der Waals surface area contributed by atoms with Crippen LogP contribution < -0.4 is 0 Å². The van der Waals surface area contributed by atoms with Gasteiger partial charge in [0.05, 0.1) is 0 Å². The van der Waals surface area contributed by atoms with E-state index >= 15 is 0 Å². The molecule has 12 heavy (non-hydrogen) atoms. The summed E-state index contributed by atoms with van der Waals surface area (Å²) in [7, 11) is 0. The zero-order valence-corrected chi connectivity index (χ0v) is 6.55. The molecule has 0 saturated heterocycles. The molecule has 1 atom stereocenters. The third kappa shape index (κ3) is 1.01. The Bertz CT molecular complexity index is 310. The van der Waals surface area contributed by atoms with Crippen LogP contribution in [0.25, 0.3) is 0 Å². The van der Waals surface area contributed by atoms with Crippen molar-refractivity contribution in [1.82, 2.24) is 4.90 Å². The summed E-state index contributed by atoms with van der Waals surface area (Å²) >= 11 is 0. The molecule has 0 aliphatic carbocycles. The van der Waals surface area contributed by atoms with Gasteiger partial charge in [0.25, 0.3) is 0 Å². The summed E-state index contributed by atoms with van der Waals surface area (Å²) in [5, 5.41) is 0. The first-order valence-electron chi connectivity index (χ1n) is 3.89. The van der Waals surface area contributed by atoms with Crippen molar-refractivity contribution in [2.75, 3.05) is 0 Å². The largest absolute Gasteiger partial charge is 0.334 e. The van der Waals surface area contributed by atoms with Crippen LogP contribution in [0.3, 0.4) is 0 Å². The lowest BCUT2D eigenvalue weighted by Gasteiger charge is -2.29. The van der Waals surface area contributed by atoms with Gasteiger partial charge in [0.2, 0.25) is 0 Å². The summed E-state index contributed by atoms with van der Waals surface area (Å²) in [6.07, 6.45) is 14.5. The Morgan fingerprint density at radius 3 is 3.08 bits per heavy atom. The molecule has 0 aromatic rings. The van der Waals surface area contributed by atoms with Crippen molar-refractivity contribution < 1.29 is 4.79 Å². The topological polar surface area (TPSA) is 20.3 Å². The Morgan fingerprint density at radius 2 is 2.25 bits per heavy atom. The van der Waals surface area contributed by atoms with E-state index in [4.69, 9.17) is 0 Å². The number of hydrogen-bond acceptors (Lipinski definition) is 2. The molecule has 1 unspecified atom stereocenters. The quantitative estimate of drug-likeness (QED) is 0.539. The normalized spacial score (nSPS) is 25.2. The maximum atomic E-state index is 10.6. The maximum Gasteiger partial charge on any atom is 0.146 e. The van der Waals surface area contributed by atoms with Crippen LogP contribution in [0.1, 0.15) is 0 Å². The molecule has 2 rings (SSSR count). The fourth-order valence-electron chi connectivity index (χ4n) is 1.35. The van der Waals surface area contributed by atoms with Gasteiger partial charge >= 0.3 is 0 Å². The van der Waals surface area contributed by atoms with Crippen molar-refractivity contribution in [3.8, 4) is 0 Å². The van der Waals surface area contributed by atoms with Gasteiger partial charge in [-0.3, -0.25) is 0 Å². The number of carbonyl (C=O) groups excluding carboxylic acids is 1. The third-order valence-electron chi connectivity index (χ3n) is 1.96. The number of fused-ring (bicyclic) bond motifs is 1. The summed E-state index contributed by atoms with van der Waals surface area (Å²) in [4.78, 5) is 12.6. The number of allylic oxidation sites excluding steroid dienone is 5. The molecular weight excluding hydrogens is 150 g/mol. The summed E-state index contributed by atoms with van der Waals surface area (Å²) in [6, 6.07) is -0.133. The van der Waals surface area contributed by atoms with Crippen LogP contribution in [-0.2, 0) is 4.79 Å². The highest BCUT2D eigenvalue weighted by Gasteiger charge is 2.17. The van der Waals surface area contributed by atoms with E-state index < -0.39 is 0 Å². The van der Waals surface area contributed by atoms with E-state index in [1.165, 1.54) is 0 Å². The van der Waals surface area contributed by atoms with E-state index in [0.717, 1.165) is 12.0 Å². The summed E-state index contributed by atoms with van der Waals surface area (Å²) < 4.78 is 0. The molecule has 0 radical (unpaired) electrons. The second-order valence-electron chi connectivity index (χ2n) is 2.71. The number of carbonyl (C=O) groups is 1. The van der Waals surface area contributed by atoms with Gasteiger partial charge in [0, 0.05) is 11.9 Å². The van der Waals surface area contributed by atoms with E-state index in [0.29, 0.717) is 0 Å². The van der Waals surface area contributed by atoms with Crippen molar-refractivity contribution in [2.24, 2.45) is 0 Å². The summed E-state index contributed by atoms with van der Waals surface area (Å²) in [5.41, 5.74) is 1.07. The Morgan fingerprint density at radius 1 is 1.33 bits per heavy atom. The van der Waals surface area contributed by atoms with Gasteiger partial charge < -0.3 is 9.69 Å². The molecule has 2 heterocycles. The van der Waals surface area contributed by atoms with Gasteiger partial charge in [-0.15, -0.1) is 0 Å². The van der Waals surface area contributed by atoms with Crippen LogP contribution in [0.5, 0.6) is 0 Å². The minimum atomic E-state index is -0.133. The average Bonchev–Trinajstić information content (AvgIpc) is 2.17. The molecule has 60 valence electrons. The molecule has 0 aromatic carbocycles. The molecule has 0 bridgehead atoms. The molecule has 0 saturated carbocycles. The molecule has 0 aromatic heterocycles. The number of hydrogen-bond donors (Lipinski definition) is 0. The highest BCUT2D eigenvalue weighted by molar-refractivity contribution is 5.64. The van der Waals surface area contributed by atoms with E-state index in [9.17, 15) is 4.79 Å². The monoisotopic (exact) mass is 159 g/mol. The second-order valence-corrected chi connectivity index (χ2v) is 2.71. The Hall–Kier alpha value is -1.57. The Labute approximate surface area is 71.2 Å². The third-order valence-corrected chi connectivity index (χ3v) is 1.96. The molecule has 0 N–H and O–H groups in total. The lowest BCUT2D eigenvalue weighted by molar-refractivity contribution is -0.110. The maximum absolute atomic E-state index is 10.6. The molecule has 2 nitrogen and oxygen atoms in total. The number of rotatable bonds is 1. The molecule has 2 heteroatoms. The zero-order valence-electron chi connectivity index (χ0n) is 6.55. The summed E-state index contributed by atoms with van der Waals surface area (Å²) in [5.74, 6) is 0. The Balaban J connectivity index is 2.34. The predicted molar refractivity (Wildman–Crippen MR) is 47.2 cm³/mol. The standard InChI is InChI=1S/C10H9NO/c12-8-10-6-3-5-9-4-1-2-7-11(9)10/h1-8,10H. The molecule has 0 fully saturated rings. The molecular formula is C10H9NO. The van der Waals surface area contributed by atoms with Gasteiger partial charge in [-0.2, -0.15) is 0 Å². The number of nitrogens with zero attached hydrogens (tertiary/aromatic N) is 1. The van der Waals surface area contributed by atoms with Crippen LogP contribution in [0.2, 0.25) is 0 Å². The van der Waals surface area contributed by atoms with Crippen molar-refractivity contribution in [3.63, 3.8) is 0 Å².